The minimum absolute atomic E-state index is 0.729. The van der Waals surface area contributed by atoms with Gasteiger partial charge in [-0.3, -0.25) is 4.79 Å². The van der Waals surface area contributed by atoms with E-state index in [4.69, 9.17) is 5.73 Å². The summed E-state index contributed by atoms with van der Waals surface area (Å²) in [7, 11) is 0. The van der Waals surface area contributed by atoms with E-state index in [9.17, 15) is 4.79 Å². The lowest BCUT2D eigenvalue weighted by molar-refractivity contribution is 0.112. The van der Waals surface area contributed by atoms with Gasteiger partial charge in [0.25, 0.3) is 0 Å². The van der Waals surface area contributed by atoms with Gasteiger partial charge in [0.2, 0.25) is 0 Å². The van der Waals surface area contributed by atoms with Crippen molar-refractivity contribution in [3.05, 3.63) is 35.9 Å². The number of benzene rings is 1. The molecule has 2 nitrogen and oxygen atoms in total. The normalized spacial score (nSPS) is 8.46. The van der Waals surface area contributed by atoms with E-state index in [1.807, 2.05) is 18.2 Å². The van der Waals surface area contributed by atoms with Crippen molar-refractivity contribution in [3.8, 4) is 0 Å². The molecule has 0 aliphatic heterocycles. The minimum atomic E-state index is 0.729. The molecule has 0 aliphatic rings. The molecule has 2 N–H and O–H groups in total. The standard InChI is InChI=1S/C7H6O.C4H11N/c8-6-7-4-2-1-3-5-7;1-2-3-4-5/h1-6H;2-5H2,1H3. The highest BCUT2D eigenvalue weighted by Crippen LogP contribution is 1.91. The largest absolute Gasteiger partial charge is 0.330 e. The topological polar surface area (TPSA) is 43.1 Å². The highest BCUT2D eigenvalue weighted by atomic mass is 16.1. The van der Waals surface area contributed by atoms with E-state index in [0.29, 0.717) is 0 Å². The number of nitrogens with two attached hydrogens (primary N) is 1. The summed E-state index contributed by atoms with van der Waals surface area (Å²) in [4.78, 5) is 10.0. The van der Waals surface area contributed by atoms with Crippen molar-refractivity contribution in [2.75, 3.05) is 6.54 Å². The van der Waals surface area contributed by atoms with Gasteiger partial charge in [-0.2, -0.15) is 0 Å². The fourth-order valence-electron chi connectivity index (χ4n) is 0.736. The third-order valence-electron chi connectivity index (χ3n) is 1.49. The number of hydrogen-bond acceptors (Lipinski definition) is 2. The zero-order valence-corrected chi connectivity index (χ0v) is 8.07. The number of unbranched alkanes of at least 4 members (excludes halogenated alkanes) is 1. The summed E-state index contributed by atoms with van der Waals surface area (Å²) in [6, 6.07) is 9.10. The predicted molar refractivity (Wildman–Crippen MR) is 55.8 cm³/mol. The molecule has 0 unspecified atom stereocenters. The maximum absolute atomic E-state index is 10.0. The van der Waals surface area contributed by atoms with Gasteiger partial charge in [0.05, 0.1) is 0 Å². The quantitative estimate of drug-likeness (QED) is 0.723. The van der Waals surface area contributed by atoms with Gasteiger partial charge >= 0.3 is 0 Å². The summed E-state index contributed by atoms with van der Waals surface area (Å²) in [5.41, 5.74) is 5.87. The first-order valence-corrected chi connectivity index (χ1v) is 4.55. The van der Waals surface area contributed by atoms with Crippen LogP contribution in [0, 0.1) is 0 Å². The van der Waals surface area contributed by atoms with Gasteiger partial charge in [0.1, 0.15) is 6.29 Å². The number of hydrogen-bond donors (Lipinski definition) is 1. The molecule has 1 rings (SSSR count). The molecule has 1 aromatic rings. The van der Waals surface area contributed by atoms with Crippen molar-refractivity contribution in [2.45, 2.75) is 19.8 Å². The van der Waals surface area contributed by atoms with E-state index >= 15 is 0 Å². The molecular formula is C11H17NO. The van der Waals surface area contributed by atoms with Crippen LogP contribution in [0.3, 0.4) is 0 Å². The fraction of sp³-hybridized carbons (Fsp3) is 0.364. The lowest BCUT2D eigenvalue weighted by Crippen LogP contribution is -1.95. The molecule has 0 spiro atoms. The van der Waals surface area contributed by atoms with Crippen LogP contribution in [0.15, 0.2) is 30.3 Å². The Hall–Kier alpha value is -1.15. The second-order valence-electron chi connectivity index (χ2n) is 2.67. The SMILES string of the molecule is CCCCN.O=Cc1ccccc1. The van der Waals surface area contributed by atoms with Crippen molar-refractivity contribution < 1.29 is 4.79 Å². The van der Waals surface area contributed by atoms with Crippen molar-refractivity contribution >= 4 is 6.29 Å². The van der Waals surface area contributed by atoms with Gasteiger partial charge in [0, 0.05) is 5.56 Å². The molecule has 0 radical (unpaired) electrons. The molecule has 0 atom stereocenters. The van der Waals surface area contributed by atoms with Crippen LogP contribution in [-0.2, 0) is 0 Å². The van der Waals surface area contributed by atoms with Crippen molar-refractivity contribution in [1.82, 2.24) is 0 Å². The Morgan fingerprint density at radius 1 is 1.31 bits per heavy atom. The van der Waals surface area contributed by atoms with E-state index in [-0.39, 0.29) is 0 Å². The van der Waals surface area contributed by atoms with Crippen LogP contribution in [0.2, 0.25) is 0 Å². The summed E-state index contributed by atoms with van der Waals surface area (Å²) in [5, 5.41) is 0. The van der Waals surface area contributed by atoms with E-state index in [0.717, 1.165) is 18.4 Å². The zero-order valence-electron chi connectivity index (χ0n) is 8.07. The molecular weight excluding hydrogens is 162 g/mol. The summed E-state index contributed by atoms with van der Waals surface area (Å²) < 4.78 is 0. The van der Waals surface area contributed by atoms with E-state index in [1.54, 1.807) is 12.1 Å². The van der Waals surface area contributed by atoms with Crippen LogP contribution in [0.25, 0.3) is 0 Å². The first-order chi connectivity index (χ1) is 6.35. The molecule has 13 heavy (non-hydrogen) atoms. The molecule has 0 aliphatic carbocycles. The summed E-state index contributed by atoms with van der Waals surface area (Å²) in [6.45, 7) is 2.98. The van der Waals surface area contributed by atoms with Crippen molar-refractivity contribution in [3.63, 3.8) is 0 Å². The zero-order chi connectivity index (χ0) is 9.94. The van der Waals surface area contributed by atoms with Gasteiger partial charge in [-0.15, -0.1) is 0 Å². The summed E-state index contributed by atoms with van der Waals surface area (Å²) in [5.74, 6) is 0. The monoisotopic (exact) mass is 179 g/mol. The Morgan fingerprint density at radius 2 is 1.92 bits per heavy atom. The molecule has 0 aromatic heterocycles. The predicted octanol–water partition coefficient (Wildman–Crippen LogP) is 2.24. The maximum atomic E-state index is 10.0. The van der Waals surface area contributed by atoms with Crippen LogP contribution in [0.1, 0.15) is 30.1 Å². The van der Waals surface area contributed by atoms with E-state index < -0.39 is 0 Å². The smallest absolute Gasteiger partial charge is 0.150 e. The minimum Gasteiger partial charge on any atom is -0.330 e. The Bertz CT molecular complexity index is 207. The Labute approximate surface area is 79.8 Å². The molecule has 0 amide bonds. The third-order valence-corrected chi connectivity index (χ3v) is 1.49. The highest BCUT2D eigenvalue weighted by Gasteiger charge is 1.79. The third kappa shape index (κ3) is 7.22. The van der Waals surface area contributed by atoms with Crippen LogP contribution >= 0.6 is 0 Å². The number of rotatable bonds is 3. The van der Waals surface area contributed by atoms with E-state index in [1.165, 1.54) is 12.8 Å². The van der Waals surface area contributed by atoms with Gasteiger partial charge in [-0.1, -0.05) is 43.7 Å². The van der Waals surface area contributed by atoms with Crippen LogP contribution in [0.5, 0.6) is 0 Å². The van der Waals surface area contributed by atoms with Crippen LogP contribution in [-0.4, -0.2) is 12.8 Å². The number of carbonyl (C=O) groups excluding carboxylic acids is 1. The van der Waals surface area contributed by atoms with Gasteiger partial charge in [-0.05, 0) is 13.0 Å². The number of carbonyl (C=O) groups is 1. The van der Waals surface area contributed by atoms with Gasteiger partial charge in [-0.25, -0.2) is 0 Å². The molecule has 72 valence electrons. The van der Waals surface area contributed by atoms with Crippen LogP contribution in [0.4, 0.5) is 0 Å². The molecule has 0 saturated carbocycles. The second-order valence-corrected chi connectivity index (χ2v) is 2.67. The van der Waals surface area contributed by atoms with Gasteiger partial charge < -0.3 is 5.73 Å². The van der Waals surface area contributed by atoms with E-state index in [2.05, 4.69) is 6.92 Å². The molecule has 1 aromatic carbocycles. The lowest BCUT2D eigenvalue weighted by atomic mass is 10.2. The molecule has 0 fully saturated rings. The Kier molecular flexibility index (Phi) is 8.15. The van der Waals surface area contributed by atoms with Gasteiger partial charge in [0.15, 0.2) is 0 Å². The average molecular weight is 179 g/mol. The fourth-order valence-corrected chi connectivity index (χ4v) is 0.736. The molecule has 0 bridgehead atoms. The van der Waals surface area contributed by atoms with Crippen molar-refractivity contribution in [1.29, 1.82) is 0 Å². The first-order valence-electron chi connectivity index (χ1n) is 4.55. The highest BCUT2D eigenvalue weighted by molar-refractivity contribution is 5.74. The Balaban J connectivity index is 0.000000252. The Morgan fingerprint density at radius 3 is 2.15 bits per heavy atom. The molecule has 2 heteroatoms. The second kappa shape index (κ2) is 8.94. The molecule has 0 saturated heterocycles. The number of aldehydes is 1. The van der Waals surface area contributed by atoms with Crippen LogP contribution < -0.4 is 5.73 Å². The summed E-state index contributed by atoms with van der Waals surface area (Å²) >= 11 is 0. The lowest BCUT2D eigenvalue weighted by Gasteiger charge is -1.81. The summed E-state index contributed by atoms with van der Waals surface area (Å²) in [6.07, 6.45) is 3.22. The molecule has 0 heterocycles. The first kappa shape index (κ1) is 11.8. The van der Waals surface area contributed by atoms with Crippen molar-refractivity contribution in [2.24, 2.45) is 5.73 Å². The average Bonchev–Trinajstić information content (AvgIpc) is 2.21. The maximum Gasteiger partial charge on any atom is 0.150 e.